The summed E-state index contributed by atoms with van der Waals surface area (Å²) < 4.78 is 15.7. The predicted octanol–water partition coefficient (Wildman–Crippen LogP) is 5.01. The second kappa shape index (κ2) is 10.9. The van der Waals surface area contributed by atoms with Crippen LogP contribution in [0.1, 0.15) is 27.6 Å². The smallest absolute Gasteiger partial charge is 0.336 e. The molecule has 1 unspecified atom stereocenters. The minimum absolute atomic E-state index is 0.0226. The number of benzene rings is 2. The summed E-state index contributed by atoms with van der Waals surface area (Å²) in [6.07, 6.45) is 3.62. The molecule has 1 aliphatic rings. The number of aromatic hydroxyl groups is 1. The maximum atomic E-state index is 12.7. The van der Waals surface area contributed by atoms with Crippen molar-refractivity contribution < 1.29 is 28.9 Å². The Morgan fingerprint density at radius 2 is 1.97 bits per heavy atom. The van der Waals surface area contributed by atoms with E-state index in [-0.39, 0.29) is 11.7 Å². The van der Waals surface area contributed by atoms with Crippen LogP contribution in [0.3, 0.4) is 0 Å². The summed E-state index contributed by atoms with van der Waals surface area (Å²) in [5, 5.41) is 10.7. The van der Waals surface area contributed by atoms with Gasteiger partial charge in [0.05, 0.1) is 14.2 Å². The quantitative estimate of drug-likeness (QED) is 0.351. The average molecular weight is 514 g/mol. The first kappa shape index (κ1) is 24.8. The topological polar surface area (TPSA) is 85.3 Å². The Labute approximate surface area is 212 Å². The van der Waals surface area contributed by atoms with E-state index in [0.29, 0.717) is 46.5 Å². The number of carbonyl (C=O) groups excluding carboxylic acids is 2. The lowest BCUT2D eigenvalue weighted by Crippen LogP contribution is -2.38. The van der Waals surface area contributed by atoms with Crippen molar-refractivity contribution in [3.63, 3.8) is 0 Å². The second-order valence-corrected chi connectivity index (χ2v) is 9.37. The number of phenolic OH excluding ortho intramolecular Hbond substituents is 1. The maximum Gasteiger partial charge on any atom is 0.336 e. The molecule has 0 amide bonds. The summed E-state index contributed by atoms with van der Waals surface area (Å²) in [5.41, 5.74) is 2.38. The monoisotopic (exact) mass is 513 g/mol. The number of thiophene rings is 1. The molecule has 35 heavy (non-hydrogen) atoms. The van der Waals surface area contributed by atoms with Crippen LogP contribution >= 0.6 is 22.9 Å². The van der Waals surface area contributed by atoms with Crippen molar-refractivity contribution in [2.24, 2.45) is 0 Å². The molecule has 1 aliphatic heterocycles. The maximum absolute atomic E-state index is 12.7. The van der Waals surface area contributed by atoms with E-state index in [0.717, 1.165) is 10.4 Å². The van der Waals surface area contributed by atoms with Gasteiger partial charge in [0.2, 0.25) is 0 Å². The van der Waals surface area contributed by atoms with Crippen molar-refractivity contribution in [2.45, 2.75) is 19.0 Å². The number of hydrogen-bond donors (Lipinski definition) is 1. The van der Waals surface area contributed by atoms with Crippen LogP contribution < -0.4 is 9.47 Å². The van der Waals surface area contributed by atoms with E-state index in [2.05, 4.69) is 0 Å². The van der Waals surface area contributed by atoms with Gasteiger partial charge in [-0.05, 0) is 53.5 Å². The molecule has 0 fully saturated rings. The standard InChI is InChI=1S/C26H24ClNO6S/c1-32-21-13-16(7-9-20(21)29)8-10-23(30)34-24-14-17-15-28(12-11-22(17)35-24)25(26(31)33-2)18-5-3-4-6-19(18)27/h3-10,13-14,25,29H,11-12,15H2,1-2H3. The zero-order valence-electron chi connectivity index (χ0n) is 19.2. The predicted molar refractivity (Wildman–Crippen MR) is 134 cm³/mol. The number of rotatable bonds is 7. The first-order valence-corrected chi connectivity index (χ1v) is 12.0. The van der Waals surface area contributed by atoms with E-state index in [1.165, 1.54) is 37.7 Å². The van der Waals surface area contributed by atoms with Crippen molar-refractivity contribution in [1.29, 1.82) is 0 Å². The third-order valence-corrected chi connectivity index (χ3v) is 7.14. The summed E-state index contributed by atoms with van der Waals surface area (Å²) in [4.78, 5) is 28.2. The molecular formula is C26H24ClNO6S. The summed E-state index contributed by atoms with van der Waals surface area (Å²) >= 11 is 7.81. The molecule has 2 aromatic carbocycles. The molecule has 1 atom stereocenters. The van der Waals surface area contributed by atoms with Crippen molar-refractivity contribution >= 4 is 41.0 Å². The van der Waals surface area contributed by atoms with Crippen LogP contribution in [-0.2, 0) is 27.3 Å². The fraction of sp³-hybridized carbons (Fsp3) is 0.231. The van der Waals surface area contributed by atoms with Crippen LogP contribution in [-0.4, -0.2) is 42.7 Å². The van der Waals surface area contributed by atoms with Crippen LogP contribution in [0.4, 0.5) is 0 Å². The first-order valence-electron chi connectivity index (χ1n) is 10.8. The second-order valence-electron chi connectivity index (χ2n) is 7.87. The van der Waals surface area contributed by atoms with E-state index in [9.17, 15) is 14.7 Å². The molecule has 0 saturated carbocycles. The van der Waals surface area contributed by atoms with Crippen molar-refractivity contribution in [1.82, 2.24) is 4.90 Å². The highest BCUT2D eigenvalue weighted by atomic mass is 35.5. The molecule has 1 aromatic heterocycles. The highest BCUT2D eigenvalue weighted by Gasteiger charge is 2.33. The molecule has 0 saturated heterocycles. The number of phenols is 1. The number of fused-ring (bicyclic) bond motifs is 1. The van der Waals surface area contributed by atoms with E-state index in [1.807, 2.05) is 29.2 Å². The Bertz CT molecular complexity index is 1270. The van der Waals surface area contributed by atoms with Gasteiger partial charge in [0, 0.05) is 29.1 Å². The summed E-state index contributed by atoms with van der Waals surface area (Å²) in [7, 11) is 2.82. The molecule has 7 nitrogen and oxygen atoms in total. The molecule has 0 spiro atoms. The van der Waals surface area contributed by atoms with E-state index < -0.39 is 12.0 Å². The largest absolute Gasteiger partial charge is 0.504 e. The Balaban J connectivity index is 1.46. The zero-order valence-corrected chi connectivity index (χ0v) is 20.8. The molecule has 0 aliphatic carbocycles. The highest BCUT2D eigenvalue weighted by molar-refractivity contribution is 7.14. The van der Waals surface area contributed by atoms with Gasteiger partial charge in [0.25, 0.3) is 0 Å². The van der Waals surface area contributed by atoms with Gasteiger partial charge in [-0.15, -0.1) is 11.3 Å². The Kier molecular flexibility index (Phi) is 7.75. The zero-order chi connectivity index (χ0) is 24.9. The van der Waals surface area contributed by atoms with Gasteiger partial charge in [-0.2, -0.15) is 0 Å². The average Bonchev–Trinajstić information content (AvgIpc) is 3.26. The number of halogens is 1. The molecule has 2 heterocycles. The van der Waals surface area contributed by atoms with Crippen LogP contribution in [0.5, 0.6) is 16.6 Å². The fourth-order valence-corrected chi connectivity index (χ4v) is 5.23. The lowest BCUT2D eigenvalue weighted by atomic mass is 10.0. The number of carbonyl (C=O) groups is 2. The minimum Gasteiger partial charge on any atom is -0.504 e. The Hall–Kier alpha value is -3.33. The van der Waals surface area contributed by atoms with Gasteiger partial charge in [0.1, 0.15) is 6.04 Å². The van der Waals surface area contributed by atoms with Gasteiger partial charge in [-0.1, -0.05) is 35.9 Å². The van der Waals surface area contributed by atoms with Crippen LogP contribution in [0, 0.1) is 0 Å². The number of ether oxygens (including phenoxy) is 3. The lowest BCUT2D eigenvalue weighted by molar-refractivity contribution is -0.147. The SMILES string of the molecule is COC(=O)C(c1ccccc1Cl)N1CCc2sc(OC(=O)C=Cc3ccc(O)c(OC)c3)cc2C1. The van der Waals surface area contributed by atoms with Gasteiger partial charge in [0.15, 0.2) is 16.6 Å². The van der Waals surface area contributed by atoms with Crippen LogP contribution in [0.25, 0.3) is 6.08 Å². The van der Waals surface area contributed by atoms with Crippen molar-refractivity contribution in [3.05, 3.63) is 81.2 Å². The van der Waals surface area contributed by atoms with Gasteiger partial charge in [-0.3, -0.25) is 4.90 Å². The third kappa shape index (κ3) is 5.67. The van der Waals surface area contributed by atoms with Crippen LogP contribution in [0.15, 0.2) is 54.6 Å². The highest BCUT2D eigenvalue weighted by Crippen LogP contribution is 2.38. The van der Waals surface area contributed by atoms with Gasteiger partial charge in [-0.25, -0.2) is 9.59 Å². The Morgan fingerprint density at radius 1 is 1.17 bits per heavy atom. The molecule has 0 bridgehead atoms. The summed E-state index contributed by atoms with van der Waals surface area (Å²) in [6, 6.07) is 13.2. The number of methoxy groups -OCH3 is 2. The fourth-order valence-electron chi connectivity index (χ4n) is 3.97. The molecule has 4 rings (SSSR count). The van der Waals surface area contributed by atoms with Gasteiger partial charge < -0.3 is 19.3 Å². The number of hydrogen-bond acceptors (Lipinski definition) is 8. The van der Waals surface area contributed by atoms with Crippen molar-refractivity contribution in [3.8, 4) is 16.6 Å². The lowest BCUT2D eigenvalue weighted by Gasteiger charge is -2.33. The van der Waals surface area contributed by atoms with E-state index in [4.69, 9.17) is 25.8 Å². The number of nitrogens with zero attached hydrogens (tertiary/aromatic N) is 1. The van der Waals surface area contributed by atoms with Crippen molar-refractivity contribution in [2.75, 3.05) is 20.8 Å². The first-order chi connectivity index (χ1) is 16.9. The van der Waals surface area contributed by atoms with Crippen LogP contribution in [0.2, 0.25) is 5.02 Å². The molecule has 9 heteroatoms. The molecule has 182 valence electrons. The molecule has 0 radical (unpaired) electrons. The minimum atomic E-state index is -0.627. The summed E-state index contributed by atoms with van der Waals surface area (Å²) in [5.74, 6) is -0.553. The molecular weight excluding hydrogens is 490 g/mol. The Morgan fingerprint density at radius 3 is 2.71 bits per heavy atom. The molecule has 3 aromatic rings. The third-order valence-electron chi connectivity index (χ3n) is 5.68. The number of esters is 2. The normalized spacial score (nSPS) is 14.4. The summed E-state index contributed by atoms with van der Waals surface area (Å²) in [6.45, 7) is 1.13. The van der Waals surface area contributed by atoms with E-state index >= 15 is 0 Å². The molecule has 1 N–H and O–H groups in total. The van der Waals surface area contributed by atoms with E-state index in [1.54, 1.807) is 24.3 Å². The van der Waals surface area contributed by atoms with Gasteiger partial charge >= 0.3 is 11.9 Å².